The molecule has 1 aromatic carbocycles. The van der Waals surface area contributed by atoms with Crippen LogP contribution in [0.25, 0.3) is 0 Å². The summed E-state index contributed by atoms with van der Waals surface area (Å²) in [5.74, 6) is -0.362. The first-order valence-electron chi connectivity index (χ1n) is 6.14. The minimum Gasteiger partial charge on any atom is -0.319 e. The lowest BCUT2D eigenvalue weighted by atomic mass is 9.92. The summed E-state index contributed by atoms with van der Waals surface area (Å²) in [6.07, 6.45) is 0.185. The Balaban J connectivity index is 2.24. The molecule has 1 fully saturated rings. The maximum absolute atomic E-state index is 12.4. The van der Waals surface area contributed by atoms with E-state index in [1.54, 1.807) is 19.1 Å². The molecule has 0 aromatic heterocycles. The van der Waals surface area contributed by atoms with E-state index in [0.29, 0.717) is 0 Å². The summed E-state index contributed by atoms with van der Waals surface area (Å²) < 4.78 is 0. The molecule has 19 heavy (non-hydrogen) atoms. The summed E-state index contributed by atoms with van der Waals surface area (Å²) in [4.78, 5) is 36.3. The van der Waals surface area contributed by atoms with Gasteiger partial charge < -0.3 is 5.32 Å². The van der Waals surface area contributed by atoms with Gasteiger partial charge >= 0.3 is 6.03 Å². The fraction of sp³-hybridized carbons (Fsp3) is 0.357. The number of carbonyl (C=O) groups excluding carboxylic acids is 3. The van der Waals surface area contributed by atoms with Crippen molar-refractivity contribution in [3.63, 3.8) is 0 Å². The van der Waals surface area contributed by atoms with Gasteiger partial charge in [-0.3, -0.25) is 14.5 Å². The lowest BCUT2D eigenvalue weighted by Gasteiger charge is -2.22. The number of hydrogen-bond donors (Lipinski definition) is 1. The number of nitrogens with zero attached hydrogens (tertiary/aromatic N) is 1. The van der Waals surface area contributed by atoms with Crippen LogP contribution >= 0.6 is 0 Å². The standard InChI is InChI=1S/C14H16N2O3/c1-10(17)8-9-16-12(18)14(2,15-13(16)19)11-6-4-3-5-7-11/h3-7H,8-9H2,1-2H3,(H,15,19)/t14-/m1/s1. The van der Waals surface area contributed by atoms with Gasteiger partial charge in [0.2, 0.25) is 0 Å². The number of nitrogens with one attached hydrogen (secondary N) is 1. The first-order chi connectivity index (χ1) is 8.95. The van der Waals surface area contributed by atoms with E-state index in [0.717, 1.165) is 10.5 Å². The molecule has 1 saturated heterocycles. The minimum atomic E-state index is -1.05. The van der Waals surface area contributed by atoms with Gasteiger partial charge in [0.15, 0.2) is 0 Å². The molecule has 1 aliphatic heterocycles. The van der Waals surface area contributed by atoms with Gasteiger partial charge in [-0.15, -0.1) is 0 Å². The topological polar surface area (TPSA) is 66.5 Å². The van der Waals surface area contributed by atoms with Gasteiger partial charge in [0.05, 0.1) is 0 Å². The molecule has 0 unspecified atom stereocenters. The summed E-state index contributed by atoms with van der Waals surface area (Å²) in [5.41, 5.74) is -0.312. The Morgan fingerprint density at radius 1 is 1.26 bits per heavy atom. The van der Waals surface area contributed by atoms with Gasteiger partial charge in [0, 0.05) is 13.0 Å². The second kappa shape index (κ2) is 4.84. The van der Waals surface area contributed by atoms with Gasteiger partial charge in [-0.2, -0.15) is 0 Å². The molecule has 2 rings (SSSR count). The van der Waals surface area contributed by atoms with Gasteiger partial charge in [-0.1, -0.05) is 30.3 Å². The Labute approximate surface area is 111 Å². The molecule has 0 radical (unpaired) electrons. The molecule has 0 saturated carbocycles. The summed E-state index contributed by atoms with van der Waals surface area (Å²) in [7, 11) is 0. The highest BCUT2D eigenvalue weighted by Gasteiger charge is 2.48. The molecule has 1 N–H and O–H groups in total. The number of imide groups is 1. The van der Waals surface area contributed by atoms with Crippen LogP contribution < -0.4 is 5.32 Å². The highest BCUT2D eigenvalue weighted by Crippen LogP contribution is 2.28. The molecular formula is C14H16N2O3. The lowest BCUT2D eigenvalue weighted by molar-refractivity contribution is -0.131. The van der Waals surface area contributed by atoms with Crippen molar-refractivity contribution in [2.75, 3.05) is 6.54 Å². The van der Waals surface area contributed by atoms with Crippen molar-refractivity contribution in [3.05, 3.63) is 35.9 Å². The van der Waals surface area contributed by atoms with Crippen LogP contribution in [-0.4, -0.2) is 29.2 Å². The second-order valence-electron chi connectivity index (χ2n) is 4.83. The highest BCUT2D eigenvalue weighted by molar-refractivity contribution is 6.07. The van der Waals surface area contributed by atoms with E-state index in [-0.39, 0.29) is 24.7 Å². The number of benzene rings is 1. The smallest absolute Gasteiger partial charge is 0.319 e. The molecule has 3 amide bonds. The molecule has 5 heteroatoms. The maximum atomic E-state index is 12.4. The van der Waals surface area contributed by atoms with Crippen molar-refractivity contribution in [1.29, 1.82) is 0 Å². The van der Waals surface area contributed by atoms with Crippen LogP contribution in [0.1, 0.15) is 25.8 Å². The van der Waals surface area contributed by atoms with Crippen LogP contribution in [0.15, 0.2) is 30.3 Å². The summed E-state index contributed by atoms with van der Waals surface area (Å²) in [6, 6.07) is 8.63. The van der Waals surface area contributed by atoms with Crippen molar-refractivity contribution in [2.45, 2.75) is 25.8 Å². The van der Waals surface area contributed by atoms with E-state index in [2.05, 4.69) is 5.32 Å². The third-order valence-electron chi connectivity index (χ3n) is 3.31. The fourth-order valence-electron chi connectivity index (χ4n) is 2.14. The maximum Gasteiger partial charge on any atom is 0.325 e. The van der Waals surface area contributed by atoms with E-state index >= 15 is 0 Å². The number of hydrogen-bond acceptors (Lipinski definition) is 3. The monoisotopic (exact) mass is 260 g/mol. The van der Waals surface area contributed by atoms with Crippen LogP contribution in [0.3, 0.4) is 0 Å². The zero-order valence-corrected chi connectivity index (χ0v) is 11.0. The van der Waals surface area contributed by atoms with Crippen molar-refractivity contribution >= 4 is 17.7 Å². The van der Waals surface area contributed by atoms with Crippen LogP contribution in [0, 0.1) is 0 Å². The van der Waals surface area contributed by atoms with Crippen LogP contribution in [0.4, 0.5) is 4.79 Å². The number of carbonyl (C=O) groups is 3. The van der Waals surface area contributed by atoms with E-state index < -0.39 is 11.6 Å². The number of rotatable bonds is 4. The van der Waals surface area contributed by atoms with Gasteiger partial charge in [0.1, 0.15) is 11.3 Å². The van der Waals surface area contributed by atoms with Crippen LogP contribution in [0.2, 0.25) is 0 Å². The van der Waals surface area contributed by atoms with E-state index in [4.69, 9.17) is 0 Å². The molecule has 5 nitrogen and oxygen atoms in total. The van der Waals surface area contributed by atoms with Crippen molar-refractivity contribution in [1.82, 2.24) is 10.2 Å². The Morgan fingerprint density at radius 2 is 1.89 bits per heavy atom. The first-order valence-corrected chi connectivity index (χ1v) is 6.14. The normalized spacial score (nSPS) is 22.5. The first kappa shape index (κ1) is 13.3. The van der Waals surface area contributed by atoms with E-state index in [1.807, 2.05) is 18.2 Å². The number of ketones is 1. The predicted molar refractivity (Wildman–Crippen MR) is 69.3 cm³/mol. The van der Waals surface area contributed by atoms with Gasteiger partial charge in [0.25, 0.3) is 5.91 Å². The Morgan fingerprint density at radius 3 is 2.47 bits per heavy atom. The lowest BCUT2D eigenvalue weighted by Crippen LogP contribution is -2.41. The molecule has 100 valence electrons. The second-order valence-corrected chi connectivity index (χ2v) is 4.83. The van der Waals surface area contributed by atoms with E-state index in [9.17, 15) is 14.4 Å². The molecule has 0 spiro atoms. The SMILES string of the molecule is CC(=O)CCN1C(=O)N[C@](C)(c2ccccc2)C1=O. The molecular weight excluding hydrogens is 244 g/mol. The predicted octanol–water partition coefficient (Wildman–Crippen LogP) is 1.43. The Kier molecular flexibility index (Phi) is 3.38. The Hall–Kier alpha value is -2.17. The summed E-state index contributed by atoms with van der Waals surface area (Å²) >= 11 is 0. The Bertz CT molecular complexity index is 527. The number of urea groups is 1. The summed E-state index contributed by atoms with van der Waals surface area (Å²) in [6.45, 7) is 3.24. The number of Topliss-reactive ketones (excluding diaryl/α,β-unsaturated/α-hetero) is 1. The quantitative estimate of drug-likeness (QED) is 0.833. The largest absolute Gasteiger partial charge is 0.325 e. The van der Waals surface area contributed by atoms with Crippen LogP contribution in [0.5, 0.6) is 0 Å². The van der Waals surface area contributed by atoms with Crippen molar-refractivity contribution < 1.29 is 14.4 Å². The average molecular weight is 260 g/mol. The molecule has 1 aromatic rings. The average Bonchev–Trinajstić information content (AvgIpc) is 2.60. The zero-order valence-electron chi connectivity index (χ0n) is 11.0. The molecule has 0 aliphatic carbocycles. The molecule has 1 aliphatic rings. The number of amides is 3. The van der Waals surface area contributed by atoms with E-state index in [1.165, 1.54) is 6.92 Å². The highest BCUT2D eigenvalue weighted by atomic mass is 16.2. The van der Waals surface area contributed by atoms with Crippen LogP contribution in [-0.2, 0) is 15.1 Å². The van der Waals surface area contributed by atoms with Gasteiger partial charge in [-0.05, 0) is 19.4 Å². The fourth-order valence-corrected chi connectivity index (χ4v) is 2.14. The van der Waals surface area contributed by atoms with Crippen molar-refractivity contribution in [2.24, 2.45) is 0 Å². The third-order valence-corrected chi connectivity index (χ3v) is 3.31. The minimum absolute atomic E-state index is 0.0473. The zero-order chi connectivity index (χ0) is 14.0. The molecule has 0 bridgehead atoms. The molecule has 1 atom stereocenters. The molecule has 1 heterocycles. The van der Waals surface area contributed by atoms with Crippen molar-refractivity contribution in [3.8, 4) is 0 Å². The third kappa shape index (κ3) is 2.36. The summed E-state index contributed by atoms with van der Waals surface area (Å²) in [5, 5.41) is 2.70. The van der Waals surface area contributed by atoms with Gasteiger partial charge in [-0.25, -0.2) is 4.79 Å².